The van der Waals surface area contributed by atoms with Crippen molar-refractivity contribution in [1.29, 1.82) is 0 Å². The van der Waals surface area contributed by atoms with Gasteiger partial charge in [0.25, 0.3) is 0 Å². The summed E-state index contributed by atoms with van der Waals surface area (Å²) in [4.78, 5) is 24.8. The Bertz CT molecular complexity index is 1000. The summed E-state index contributed by atoms with van der Waals surface area (Å²) in [6.45, 7) is 3.73. The number of hydrogen-bond acceptors (Lipinski definition) is 6. The van der Waals surface area contributed by atoms with E-state index in [9.17, 15) is 18.0 Å². The molecule has 3 rings (SSSR count). The lowest BCUT2D eigenvalue weighted by atomic mass is 10.2. The second-order valence-corrected chi connectivity index (χ2v) is 9.00. The van der Waals surface area contributed by atoms with Gasteiger partial charge in [-0.1, -0.05) is 12.1 Å². The molecule has 2 aromatic rings. The summed E-state index contributed by atoms with van der Waals surface area (Å²) in [5, 5.41) is 0. The van der Waals surface area contributed by atoms with Crippen LogP contribution in [0.3, 0.4) is 0 Å². The van der Waals surface area contributed by atoms with E-state index >= 15 is 0 Å². The predicted octanol–water partition coefficient (Wildman–Crippen LogP) is 2.90. The first-order valence-corrected chi connectivity index (χ1v) is 11.2. The normalized spacial score (nSPS) is 16.4. The number of esters is 1. The van der Waals surface area contributed by atoms with Crippen LogP contribution in [-0.2, 0) is 30.9 Å². The monoisotopic (exact) mass is 432 g/mol. The Balaban J connectivity index is 1.56. The van der Waals surface area contributed by atoms with Gasteiger partial charge >= 0.3 is 5.97 Å². The molecule has 1 aliphatic heterocycles. The average Bonchev–Trinajstić information content (AvgIpc) is 3.02. The molecular weight excluding hydrogens is 408 g/mol. The molecule has 160 valence electrons. The van der Waals surface area contributed by atoms with Crippen LogP contribution in [-0.4, -0.2) is 43.6 Å². The van der Waals surface area contributed by atoms with Crippen molar-refractivity contribution in [3.8, 4) is 11.5 Å². The third kappa shape index (κ3) is 5.96. The molecule has 8 nitrogen and oxygen atoms in total. The first-order valence-electron chi connectivity index (χ1n) is 9.56. The Morgan fingerprint density at radius 1 is 1.10 bits per heavy atom. The molecule has 2 aromatic carbocycles. The van der Waals surface area contributed by atoms with Crippen LogP contribution in [0.2, 0.25) is 0 Å². The van der Waals surface area contributed by atoms with Gasteiger partial charge in [0, 0.05) is 19.2 Å². The Kier molecular flexibility index (Phi) is 6.61. The number of anilines is 1. The van der Waals surface area contributed by atoms with E-state index in [1.807, 2.05) is 12.1 Å². The number of ether oxygens (including phenoxy) is 2. The smallest absolute Gasteiger partial charge is 0.302 e. The Hall–Kier alpha value is -3.07. The predicted molar refractivity (Wildman–Crippen MR) is 112 cm³/mol. The zero-order valence-corrected chi connectivity index (χ0v) is 17.6. The molecule has 0 saturated carbocycles. The van der Waals surface area contributed by atoms with Crippen LogP contribution in [0.25, 0.3) is 0 Å². The van der Waals surface area contributed by atoms with Crippen LogP contribution in [0.5, 0.6) is 11.5 Å². The molecule has 1 amide bonds. The fourth-order valence-electron chi connectivity index (χ4n) is 3.06. The molecule has 30 heavy (non-hydrogen) atoms. The lowest BCUT2D eigenvalue weighted by Crippen LogP contribution is -2.26. The molecule has 0 radical (unpaired) electrons. The molecule has 1 N–H and O–H groups in total. The summed E-state index contributed by atoms with van der Waals surface area (Å²) in [6.07, 6.45) is -0.173. The molecule has 1 atom stereocenters. The van der Waals surface area contributed by atoms with Gasteiger partial charge in [0.2, 0.25) is 15.9 Å². The number of carbonyl (C=O) groups is 2. The van der Waals surface area contributed by atoms with Gasteiger partial charge in [-0.3, -0.25) is 14.3 Å². The van der Waals surface area contributed by atoms with Crippen molar-refractivity contribution in [1.82, 2.24) is 4.90 Å². The maximum absolute atomic E-state index is 12.1. The minimum Gasteiger partial charge on any atom is -0.460 e. The van der Waals surface area contributed by atoms with E-state index in [1.165, 1.54) is 6.92 Å². The first kappa shape index (κ1) is 21.6. The van der Waals surface area contributed by atoms with Gasteiger partial charge < -0.3 is 14.4 Å². The molecule has 1 unspecified atom stereocenters. The Morgan fingerprint density at radius 3 is 2.27 bits per heavy atom. The van der Waals surface area contributed by atoms with Gasteiger partial charge in [0.15, 0.2) is 0 Å². The van der Waals surface area contributed by atoms with E-state index in [4.69, 9.17) is 9.47 Å². The summed E-state index contributed by atoms with van der Waals surface area (Å²) in [5.74, 6) is 0.769. The highest BCUT2D eigenvalue weighted by atomic mass is 32.2. The molecule has 0 spiro atoms. The van der Waals surface area contributed by atoms with E-state index < -0.39 is 10.0 Å². The Morgan fingerprint density at radius 2 is 1.70 bits per heavy atom. The maximum Gasteiger partial charge on any atom is 0.302 e. The molecule has 1 aliphatic rings. The fourth-order valence-corrected chi connectivity index (χ4v) is 3.70. The zero-order valence-electron chi connectivity index (χ0n) is 16.8. The van der Waals surface area contributed by atoms with Gasteiger partial charge in [-0.05, 0) is 48.9 Å². The van der Waals surface area contributed by atoms with Gasteiger partial charge in [0.1, 0.15) is 17.6 Å². The van der Waals surface area contributed by atoms with Crippen LogP contribution in [0.15, 0.2) is 48.5 Å². The van der Waals surface area contributed by atoms with Crippen molar-refractivity contribution in [2.24, 2.45) is 0 Å². The standard InChI is InChI=1S/C21H24N2O6S/c1-3-30(26,27)22-17-6-10-19(11-7-17)29-18-8-4-16(5-9-18)13-23-14-20(12-21(23)25)28-15(2)24/h4-11,20,22H,3,12-14H2,1-2H3. The minimum absolute atomic E-state index is 0.00499. The molecule has 1 saturated heterocycles. The number of sulfonamides is 1. The second-order valence-electron chi connectivity index (χ2n) is 6.99. The lowest BCUT2D eigenvalue weighted by molar-refractivity contribution is -0.145. The third-order valence-corrected chi connectivity index (χ3v) is 5.86. The highest BCUT2D eigenvalue weighted by Gasteiger charge is 2.31. The number of hydrogen-bond donors (Lipinski definition) is 1. The van der Waals surface area contributed by atoms with Crippen LogP contribution in [0, 0.1) is 0 Å². The minimum atomic E-state index is -3.32. The van der Waals surface area contributed by atoms with Gasteiger partial charge in [-0.2, -0.15) is 0 Å². The highest BCUT2D eigenvalue weighted by Crippen LogP contribution is 2.25. The van der Waals surface area contributed by atoms with Crippen LogP contribution >= 0.6 is 0 Å². The maximum atomic E-state index is 12.1. The summed E-state index contributed by atoms with van der Waals surface area (Å²) in [5.41, 5.74) is 1.41. The summed E-state index contributed by atoms with van der Waals surface area (Å²) in [7, 11) is -3.32. The Labute approximate surface area is 175 Å². The van der Waals surface area contributed by atoms with Gasteiger partial charge in [-0.25, -0.2) is 8.42 Å². The molecular formula is C21H24N2O6S. The number of likely N-dealkylation sites (tertiary alicyclic amines) is 1. The molecule has 1 heterocycles. The van der Waals surface area contributed by atoms with E-state index in [1.54, 1.807) is 48.2 Å². The van der Waals surface area contributed by atoms with Crippen LogP contribution < -0.4 is 9.46 Å². The van der Waals surface area contributed by atoms with Crippen LogP contribution in [0.1, 0.15) is 25.8 Å². The molecule has 0 aliphatic carbocycles. The zero-order chi connectivity index (χ0) is 21.7. The third-order valence-electron chi connectivity index (χ3n) is 4.55. The second kappa shape index (κ2) is 9.17. The van der Waals surface area contributed by atoms with E-state index in [-0.39, 0.29) is 30.2 Å². The number of rotatable bonds is 8. The topological polar surface area (TPSA) is 102 Å². The largest absolute Gasteiger partial charge is 0.460 e. The summed E-state index contributed by atoms with van der Waals surface area (Å²) < 4.78 is 36.6. The van der Waals surface area contributed by atoms with Crippen molar-refractivity contribution in [3.05, 3.63) is 54.1 Å². The van der Waals surface area contributed by atoms with Crippen molar-refractivity contribution < 1.29 is 27.5 Å². The van der Waals surface area contributed by atoms with E-state index in [2.05, 4.69) is 4.72 Å². The van der Waals surface area contributed by atoms with Crippen molar-refractivity contribution in [2.45, 2.75) is 32.9 Å². The first-order chi connectivity index (χ1) is 14.2. The SMILES string of the molecule is CCS(=O)(=O)Nc1ccc(Oc2ccc(CN3CC(OC(C)=O)CC3=O)cc2)cc1. The number of nitrogens with zero attached hydrogens (tertiary/aromatic N) is 1. The molecule has 0 aromatic heterocycles. The van der Waals surface area contributed by atoms with Crippen LogP contribution in [0.4, 0.5) is 5.69 Å². The fraction of sp³-hybridized carbons (Fsp3) is 0.333. The van der Waals surface area contributed by atoms with E-state index in [0.29, 0.717) is 30.3 Å². The number of nitrogens with one attached hydrogen (secondary N) is 1. The number of benzene rings is 2. The van der Waals surface area contributed by atoms with Gasteiger partial charge in [-0.15, -0.1) is 0 Å². The van der Waals surface area contributed by atoms with E-state index in [0.717, 1.165) is 5.56 Å². The molecule has 1 fully saturated rings. The molecule has 9 heteroatoms. The number of carbonyl (C=O) groups excluding carboxylic acids is 2. The highest BCUT2D eigenvalue weighted by molar-refractivity contribution is 7.92. The van der Waals surface area contributed by atoms with Crippen molar-refractivity contribution in [3.63, 3.8) is 0 Å². The number of amides is 1. The van der Waals surface area contributed by atoms with Crippen molar-refractivity contribution in [2.75, 3.05) is 17.0 Å². The lowest BCUT2D eigenvalue weighted by Gasteiger charge is -2.17. The van der Waals surface area contributed by atoms with Gasteiger partial charge in [0.05, 0.1) is 18.7 Å². The summed E-state index contributed by atoms with van der Waals surface area (Å²) in [6, 6.07) is 14.0. The van der Waals surface area contributed by atoms with Crippen molar-refractivity contribution >= 4 is 27.6 Å². The quantitative estimate of drug-likeness (QED) is 0.644. The molecule has 0 bridgehead atoms. The average molecular weight is 432 g/mol. The summed E-state index contributed by atoms with van der Waals surface area (Å²) >= 11 is 0.